The van der Waals surface area contributed by atoms with Gasteiger partial charge >= 0.3 is 5.69 Å². The summed E-state index contributed by atoms with van der Waals surface area (Å²) in [5, 5.41) is 3.41. The van der Waals surface area contributed by atoms with Crippen LogP contribution in [0.5, 0.6) is 5.75 Å². The molecule has 0 bridgehead atoms. The van der Waals surface area contributed by atoms with Gasteiger partial charge in [0.15, 0.2) is 6.10 Å². The van der Waals surface area contributed by atoms with Gasteiger partial charge < -0.3 is 20.0 Å². The average Bonchev–Trinajstić information content (AvgIpc) is 2.90. The smallest absolute Gasteiger partial charge is 0.323 e. The van der Waals surface area contributed by atoms with Crippen molar-refractivity contribution in [3.8, 4) is 5.75 Å². The summed E-state index contributed by atoms with van der Waals surface area (Å²) in [5.41, 5.74) is 2.47. The number of benzene rings is 2. The number of fused-ring (bicyclic) bond motifs is 1. The van der Waals surface area contributed by atoms with E-state index in [2.05, 4.69) is 15.3 Å². The second-order valence-corrected chi connectivity index (χ2v) is 5.91. The fourth-order valence-corrected chi connectivity index (χ4v) is 2.42. The minimum Gasteiger partial charge on any atom is -0.481 e. The Morgan fingerprint density at radius 1 is 1.17 bits per heavy atom. The molecule has 1 unspecified atom stereocenters. The van der Waals surface area contributed by atoms with Crippen molar-refractivity contribution in [3.63, 3.8) is 0 Å². The Kier molecular flexibility index (Phi) is 4.31. The van der Waals surface area contributed by atoms with E-state index in [0.29, 0.717) is 27.5 Å². The molecule has 7 heteroatoms. The number of aromatic nitrogens is 2. The van der Waals surface area contributed by atoms with Crippen molar-refractivity contribution >= 4 is 34.2 Å². The third-order valence-electron chi connectivity index (χ3n) is 3.60. The summed E-state index contributed by atoms with van der Waals surface area (Å²) >= 11 is 5.97. The maximum absolute atomic E-state index is 12.3. The molecule has 0 aliphatic heterocycles. The number of carbonyl (C=O) groups is 1. The molecule has 1 heterocycles. The number of rotatable bonds is 4. The number of aryl methyl sites for hydroxylation is 1. The van der Waals surface area contributed by atoms with Crippen molar-refractivity contribution in [1.29, 1.82) is 0 Å². The molecule has 0 radical (unpaired) electrons. The highest BCUT2D eigenvalue weighted by Gasteiger charge is 2.15. The molecule has 0 saturated carbocycles. The first kappa shape index (κ1) is 16.1. The molecule has 0 aliphatic carbocycles. The number of H-pyrrole nitrogens is 2. The molecule has 1 amide bonds. The van der Waals surface area contributed by atoms with Gasteiger partial charge in [-0.25, -0.2) is 4.79 Å². The predicted molar refractivity (Wildman–Crippen MR) is 93.8 cm³/mol. The lowest BCUT2D eigenvalue weighted by Gasteiger charge is -2.15. The maximum atomic E-state index is 12.3. The van der Waals surface area contributed by atoms with Gasteiger partial charge in [0.2, 0.25) is 0 Å². The number of ether oxygens (including phenoxy) is 1. The van der Waals surface area contributed by atoms with Gasteiger partial charge in [-0.05, 0) is 55.8 Å². The Bertz CT molecular complexity index is 961. The molecule has 3 rings (SSSR count). The van der Waals surface area contributed by atoms with Crippen LogP contribution in [0.25, 0.3) is 11.0 Å². The molecule has 3 aromatic rings. The quantitative estimate of drug-likeness (QED) is 0.678. The van der Waals surface area contributed by atoms with Crippen LogP contribution in [0.15, 0.2) is 41.2 Å². The van der Waals surface area contributed by atoms with Crippen LogP contribution in [0.1, 0.15) is 12.5 Å². The molecule has 2 aromatic carbocycles. The average molecular weight is 346 g/mol. The first-order valence-electron chi connectivity index (χ1n) is 7.38. The molecule has 0 aliphatic rings. The van der Waals surface area contributed by atoms with Gasteiger partial charge in [-0.1, -0.05) is 11.6 Å². The molecule has 24 heavy (non-hydrogen) atoms. The summed E-state index contributed by atoms with van der Waals surface area (Å²) in [6.45, 7) is 3.53. The second-order valence-electron chi connectivity index (χ2n) is 5.50. The summed E-state index contributed by atoms with van der Waals surface area (Å²) in [6, 6.07) is 10.3. The van der Waals surface area contributed by atoms with Gasteiger partial charge in [-0.2, -0.15) is 0 Å². The van der Waals surface area contributed by atoms with Gasteiger partial charge in [0.1, 0.15) is 5.75 Å². The van der Waals surface area contributed by atoms with Crippen molar-refractivity contribution in [1.82, 2.24) is 9.97 Å². The number of anilines is 1. The van der Waals surface area contributed by atoms with Crippen molar-refractivity contribution in [3.05, 3.63) is 57.5 Å². The van der Waals surface area contributed by atoms with Crippen LogP contribution in [-0.4, -0.2) is 22.0 Å². The summed E-state index contributed by atoms with van der Waals surface area (Å²) in [7, 11) is 0. The highest BCUT2D eigenvalue weighted by atomic mass is 35.5. The van der Waals surface area contributed by atoms with Crippen LogP contribution < -0.4 is 15.7 Å². The molecule has 3 N–H and O–H groups in total. The Labute approximate surface area is 142 Å². The van der Waals surface area contributed by atoms with Crippen molar-refractivity contribution in [2.75, 3.05) is 5.32 Å². The summed E-state index contributed by atoms with van der Waals surface area (Å²) < 4.78 is 5.64. The Hall–Kier alpha value is -2.73. The van der Waals surface area contributed by atoms with Crippen LogP contribution >= 0.6 is 11.6 Å². The molecule has 0 fully saturated rings. The third kappa shape index (κ3) is 3.44. The lowest BCUT2D eigenvalue weighted by atomic mass is 10.2. The van der Waals surface area contributed by atoms with Gasteiger partial charge in [-0.3, -0.25) is 4.79 Å². The number of carbonyl (C=O) groups excluding carboxylic acids is 1. The Morgan fingerprint density at radius 2 is 1.92 bits per heavy atom. The van der Waals surface area contributed by atoms with E-state index >= 15 is 0 Å². The highest BCUT2D eigenvalue weighted by Crippen LogP contribution is 2.22. The third-order valence-corrected chi connectivity index (χ3v) is 4.02. The minimum atomic E-state index is -0.688. The largest absolute Gasteiger partial charge is 0.481 e. The molecule has 1 atom stereocenters. The van der Waals surface area contributed by atoms with Crippen LogP contribution in [0.4, 0.5) is 5.69 Å². The number of imidazole rings is 1. The SMILES string of the molecule is Cc1cc(OC(C)C(=O)Nc2ccc3[nH]c(=O)[nH]c3c2)ccc1Cl. The zero-order valence-corrected chi connectivity index (χ0v) is 13.9. The van der Waals surface area contributed by atoms with Crippen LogP contribution in [0.2, 0.25) is 5.02 Å². The van der Waals surface area contributed by atoms with Gasteiger partial charge in [0, 0.05) is 10.7 Å². The molecule has 0 spiro atoms. The van der Waals surface area contributed by atoms with E-state index in [9.17, 15) is 9.59 Å². The number of aromatic amines is 2. The molecule has 0 saturated heterocycles. The normalized spacial score (nSPS) is 12.1. The topological polar surface area (TPSA) is 87.0 Å². The number of halogens is 1. The van der Waals surface area contributed by atoms with Crippen LogP contribution in [-0.2, 0) is 4.79 Å². The van der Waals surface area contributed by atoms with Crippen molar-refractivity contribution in [2.45, 2.75) is 20.0 Å². The van der Waals surface area contributed by atoms with E-state index in [1.165, 1.54) is 0 Å². The van der Waals surface area contributed by atoms with Gasteiger partial charge in [0.05, 0.1) is 11.0 Å². The number of nitrogens with one attached hydrogen (secondary N) is 3. The van der Waals surface area contributed by atoms with E-state index in [4.69, 9.17) is 16.3 Å². The van der Waals surface area contributed by atoms with Crippen LogP contribution in [0, 0.1) is 6.92 Å². The highest BCUT2D eigenvalue weighted by molar-refractivity contribution is 6.31. The lowest BCUT2D eigenvalue weighted by Crippen LogP contribution is -2.30. The molecule has 124 valence electrons. The molecule has 1 aromatic heterocycles. The number of hydrogen-bond acceptors (Lipinski definition) is 3. The van der Waals surface area contributed by atoms with Crippen molar-refractivity contribution < 1.29 is 9.53 Å². The Balaban J connectivity index is 1.70. The zero-order chi connectivity index (χ0) is 17.3. The first-order chi connectivity index (χ1) is 11.4. The molecule has 6 nitrogen and oxygen atoms in total. The fourth-order valence-electron chi connectivity index (χ4n) is 2.30. The monoisotopic (exact) mass is 345 g/mol. The number of hydrogen-bond donors (Lipinski definition) is 3. The summed E-state index contributed by atoms with van der Waals surface area (Å²) in [5.74, 6) is 0.282. The Morgan fingerprint density at radius 3 is 2.67 bits per heavy atom. The van der Waals surface area contributed by atoms with Gasteiger partial charge in [0.25, 0.3) is 5.91 Å². The van der Waals surface area contributed by atoms with E-state index in [1.54, 1.807) is 43.3 Å². The van der Waals surface area contributed by atoms with E-state index < -0.39 is 6.10 Å². The van der Waals surface area contributed by atoms with Crippen LogP contribution in [0.3, 0.4) is 0 Å². The number of amides is 1. The fraction of sp³-hybridized carbons (Fsp3) is 0.176. The first-order valence-corrected chi connectivity index (χ1v) is 7.76. The predicted octanol–water partition coefficient (Wildman–Crippen LogP) is 3.22. The molecular weight excluding hydrogens is 330 g/mol. The van der Waals surface area contributed by atoms with E-state index in [0.717, 1.165) is 5.56 Å². The zero-order valence-electron chi connectivity index (χ0n) is 13.1. The maximum Gasteiger partial charge on any atom is 0.323 e. The van der Waals surface area contributed by atoms with E-state index in [-0.39, 0.29) is 11.6 Å². The lowest BCUT2D eigenvalue weighted by molar-refractivity contribution is -0.122. The van der Waals surface area contributed by atoms with Gasteiger partial charge in [-0.15, -0.1) is 0 Å². The standard InChI is InChI=1S/C17H16ClN3O3/c1-9-7-12(4-5-13(9)18)24-10(2)16(22)19-11-3-6-14-15(8-11)21-17(23)20-14/h3-8,10H,1-2H3,(H,19,22)(H2,20,21,23). The molecular formula is C17H16ClN3O3. The van der Waals surface area contributed by atoms with Crippen molar-refractivity contribution in [2.24, 2.45) is 0 Å². The second kappa shape index (κ2) is 6.41. The van der Waals surface area contributed by atoms with E-state index in [1.807, 2.05) is 6.92 Å². The summed E-state index contributed by atoms with van der Waals surface area (Å²) in [6.07, 6.45) is -0.688. The summed E-state index contributed by atoms with van der Waals surface area (Å²) in [4.78, 5) is 28.8. The minimum absolute atomic E-state index is 0.289.